The number of aryl methyl sites for hydroxylation is 1. The van der Waals surface area contributed by atoms with E-state index in [4.69, 9.17) is 0 Å². The monoisotopic (exact) mass is 346 g/mol. The number of hydrogen-bond donors (Lipinski definition) is 1. The first kappa shape index (κ1) is 18.0. The lowest BCUT2D eigenvalue weighted by Crippen LogP contribution is -2.41. The second kappa shape index (κ2) is 7.58. The SMILES string of the molecule is CC(C)c1cc(C(=O)N[C@@H]2CCN(C(=O)C3CCCCC3)C2)n(C)n1. The van der Waals surface area contributed by atoms with Crippen LogP contribution in [-0.2, 0) is 11.8 Å². The maximum Gasteiger partial charge on any atom is 0.269 e. The van der Waals surface area contributed by atoms with Crippen molar-refractivity contribution in [3.05, 3.63) is 17.5 Å². The molecule has 1 aliphatic carbocycles. The molecular formula is C19H30N4O2. The Balaban J connectivity index is 1.55. The summed E-state index contributed by atoms with van der Waals surface area (Å²) >= 11 is 0. The van der Waals surface area contributed by atoms with Crippen molar-refractivity contribution in [1.82, 2.24) is 20.0 Å². The zero-order valence-electron chi connectivity index (χ0n) is 15.6. The Kier molecular flexibility index (Phi) is 5.45. The second-order valence-electron chi connectivity index (χ2n) is 7.81. The van der Waals surface area contributed by atoms with Crippen molar-refractivity contribution >= 4 is 11.8 Å². The first-order valence-electron chi connectivity index (χ1n) is 9.59. The van der Waals surface area contributed by atoms with Crippen molar-refractivity contribution in [2.45, 2.75) is 64.3 Å². The van der Waals surface area contributed by atoms with Crippen LogP contribution in [0, 0.1) is 5.92 Å². The van der Waals surface area contributed by atoms with Gasteiger partial charge in [-0.15, -0.1) is 0 Å². The van der Waals surface area contributed by atoms with Crippen LogP contribution in [0.1, 0.15) is 74.5 Å². The Morgan fingerprint density at radius 1 is 1.20 bits per heavy atom. The van der Waals surface area contributed by atoms with Gasteiger partial charge in [0.25, 0.3) is 5.91 Å². The molecule has 1 saturated heterocycles. The number of likely N-dealkylation sites (tertiary alicyclic amines) is 1. The summed E-state index contributed by atoms with van der Waals surface area (Å²) in [5.41, 5.74) is 1.51. The van der Waals surface area contributed by atoms with Crippen molar-refractivity contribution in [2.24, 2.45) is 13.0 Å². The third kappa shape index (κ3) is 4.05. The fourth-order valence-corrected chi connectivity index (χ4v) is 3.93. The molecule has 2 heterocycles. The smallest absolute Gasteiger partial charge is 0.269 e. The van der Waals surface area contributed by atoms with E-state index >= 15 is 0 Å². The Morgan fingerprint density at radius 3 is 2.56 bits per heavy atom. The number of rotatable bonds is 4. The van der Waals surface area contributed by atoms with E-state index in [9.17, 15) is 9.59 Å². The fourth-order valence-electron chi connectivity index (χ4n) is 3.93. The highest BCUT2D eigenvalue weighted by Crippen LogP contribution is 2.27. The van der Waals surface area contributed by atoms with E-state index in [1.54, 1.807) is 11.7 Å². The maximum absolute atomic E-state index is 12.6. The molecule has 1 aromatic rings. The number of aromatic nitrogens is 2. The normalized spacial score (nSPS) is 21.8. The molecule has 1 aromatic heterocycles. The summed E-state index contributed by atoms with van der Waals surface area (Å²) in [6, 6.07) is 1.90. The van der Waals surface area contributed by atoms with Gasteiger partial charge in [-0.3, -0.25) is 14.3 Å². The van der Waals surface area contributed by atoms with Gasteiger partial charge in [-0.25, -0.2) is 0 Å². The third-order valence-electron chi connectivity index (χ3n) is 5.51. The van der Waals surface area contributed by atoms with E-state index in [0.717, 1.165) is 31.5 Å². The minimum absolute atomic E-state index is 0.0393. The summed E-state index contributed by atoms with van der Waals surface area (Å²) in [6.07, 6.45) is 6.48. The van der Waals surface area contributed by atoms with Gasteiger partial charge in [0.2, 0.25) is 5.91 Å². The molecule has 6 nitrogen and oxygen atoms in total. The van der Waals surface area contributed by atoms with Gasteiger partial charge in [-0.1, -0.05) is 33.1 Å². The number of carbonyl (C=O) groups is 2. The molecule has 0 spiro atoms. The Morgan fingerprint density at radius 2 is 1.92 bits per heavy atom. The van der Waals surface area contributed by atoms with Crippen molar-refractivity contribution in [3.8, 4) is 0 Å². The van der Waals surface area contributed by atoms with Crippen molar-refractivity contribution in [2.75, 3.05) is 13.1 Å². The predicted molar refractivity (Wildman–Crippen MR) is 96.3 cm³/mol. The minimum Gasteiger partial charge on any atom is -0.346 e. The van der Waals surface area contributed by atoms with Gasteiger partial charge in [-0.05, 0) is 31.2 Å². The molecule has 25 heavy (non-hydrogen) atoms. The van der Waals surface area contributed by atoms with Crippen LogP contribution in [0.25, 0.3) is 0 Å². The van der Waals surface area contributed by atoms with Gasteiger partial charge < -0.3 is 10.2 Å². The van der Waals surface area contributed by atoms with Gasteiger partial charge in [0.15, 0.2) is 0 Å². The molecule has 0 bridgehead atoms. The lowest BCUT2D eigenvalue weighted by atomic mass is 9.88. The highest BCUT2D eigenvalue weighted by Gasteiger charge is 2.32. The van der Waals surface area contributed by atoms with Crippen LogP contribution in [0.2, 0.25) is 0 Å². The molecule has 3 rings (SSSR count). The highest BCUT2D eigenvalue weighted by atomic mass is 16.2. The molecule has 2 amide bonds. The average Bonchev–Trinajstić information content (AvgIpc) is 3.21. The molecule has 1 aliphatic heterocycles. The topological polar surface area (TPSA) is 67.2 Å². The van der Waals surface area contributed by atoms with Crippen LogP contribution < -0.4 is 5.32 Å². The summed E-state index contributed by atoms with van der Waals surface area (Å²) in [6.45, 7) is 5.52. The molecule has 1 N–H and O–H groups in total. The lowest BCUT2D eigenvalue weighted by Gasteiger charge is -2.26. The van der Waals surface area contributed by atoms with Crippen LogP contribution in [0.5, 0.6) is 0 Å². The van der Waals surface area contributed by atoms with Crippen LogP contribution in [0.15, 0.2) is 6.07 Å². The van der Waals surface area contributed by atoms with Crippen molar-refractivity contribution in [3.63, 3.8) is 0 Å². The van der Waals surface area contributed by atoms with Crippen LogP contribution in [0.4, 0.5) is 0 Å². The first-order valence-corrected chi connectivity index (χ1v) is 9.59. The number of nitrogens with zero attached hydrogens (tertiary/aromatic N) is 3. The zero-order chi connectivity index (χ0) is 18.0. The van der Waals surface area contributed by atoms with Crippen molar-refractivity contribution in [1.29, 1.82) is 0 Å². The first-order chi connectivity index (χ1) is 12.0. The molecule has 6 heteroatoms. The van der Waals surface area contributed by atoms with Crippen LogP contribution in [-0.4, -0.2) is 45.6 Å². The summed E-state index contributed by atoms with van der Waals surface area (Å²) in [5.74, 6) is 0.689. The zero-order valence-corrected chi connectivity index (χ0v) is 15.6. The van der Waals surface area contributed by atoms with Gasteiger partial charge in [0.1, 0.15) is 5.69 Å². The van der Waals surface area contributed by atoms with E-state index < -0.39 is 0 Å². The van der Waals surface area contributed by atoms with Crippen molar-refractivity contribution < 1.29 is 9.59 Å². The van der Waals surface area contributed by atoms with E-state index in [1.807, 2.05) is 11.0 Å². The molecule has 0 aromatic carbocycles. The fraction of sp³-hybridized carbons (Fsp3) is 0.737. The van der Waals surface area contributed by atoms with Gasteiger partial charge >= 0.3 is 0 Å². The third-order valence-corrected chi connectivity index (χ3v) is 5.51. The quantitative estimate of drug-likeness (QED) is 0.910. The summed E-state index contributed by atoms with van der Waals surface area (Å²) < 4.78 is 1.64. The summed E-state index contributed by atoms with van der Waals surface area (Å²) in [5, 5.41) is 7.48. The number of carbonyl (C=O) groups excluding carboxylic acids is 2. The number of nitrogens with one attached hydrogen (secondary N) is 1. The Bertz CT molecular complexity index is 631. The molecule has 1 atom stereocenters. The largest absolute Gasteiger partial charge is 0.346 e. The molecule has 0 radical (unpaired) electrons. The standard InChI is InChI=1S/C19H30N4O2/c1-13(2)16-11-17(22(3)21-16)18(24)20-15-9-10-23(12-15)19(25)14-7-5-4-6-8-14/h11,13-15H,4-10,12H2,1-3H3,(H,20,24)/t15-/m1/s1. The molecular weight excluding hydrogens is 316 g/mol. The van der Waals surface area contributed by atoms with Gasteiger partial charge in [-0.2, -0.15) is 5.10 Å². The van der Waals surface area contributed by atoms with E-state index in [0.29, 0.717) is 24.1 Å². The Hall–Kier alpha value is -1.85. The van der Waals surface area contributed by atoms with Gasteiger partial charge in [0, 0.05) is 32.1 Å². The maximum atomic E-state index is 12.6. The number of hydrogen-bond acceptors (Lipinski definition) is 3. The summed E-state index contributed by atoms with van der Waals surface area (Å²) in [4.78, 5) is 27.1. The van der Waals surface area contributed by atoms with E-state index in [1.165, 1.54) is 19.3 Å². The highest BCUT2D eigenvalue weighted by molar-refractivity contribution is 5.93. The lowest BCUT2D eigenvalue weighted by molar-refractivity contribution is -0.135. The summed E-state index contributed by atoms with van der Waals surface area (Å²) in [7, 11) is 1.80. The predicted octanol–water partition coefficient (Wildman–Crippen LogP) is 2.45. The molecule has 138 valence electrons. The second-order valence-corrected chi connectivity index (χ2v) is 7.81. The average molecular weight is 346 g/mol. The molecule has 2 fully saturated rings. The molecule has 2 aliphatic rings. The van der Waals surface area contributed by atoms with Crippen LogP contribution >= 0.6 is 0 Å². The van der Waals surface area contributed by atoms with Gasteiger partial charge in [0.05, 0.1) is 5.69 Å². The molecule has 1 saturated carbocycles. The van der Waals surface area contributed by atoms with E-state index in [2.05, 4.69) is 24.3 Å². The molecule has 0 unspecified atom stereocenters. The number of amides is 2. The Labute approximate surface area is 149 Å². The van der Waals surface area contributed by atoms with Crippen LogP contribution in [0.3, 0.4) is 0 Å². The minimum atomic E-state index is -0.0983. The van der Waals surface area contributed by atoms with E-state index in [-0.39, 0.29) is 17.9 Å².